The number of urea groups is 1. The van der Waals surface area contributed by atoms with Crippen molar-refractivity contribution in [2.24, 2.45) is 0 Å². The van der Waals surface area contributed by atoms with Gasteiger partial charge < -0.3 is 20.3 Å². The molecule has 104 valence electrons. The summed E-state index contributed by atoms with van der Waals surface area (Å²) in [5.41, 5.74) is 0.346. The van der Waals surface area contributed by atoms with Gasteiger partial charge in [-0.2, -0.15) is 0 Å². The highest BCUT2D eigenvalue weighted by atomic mass is 16.4. The Kier molecular flexibility index (Phi) is 3.94. The molecule has 2 amide bonds. The van der Waals surface area contributed by atoms with Crippen molar-refractivity contribution in [3.8, 4) is 0 Å². The summed E-state index contributed by atoms with van der Waals surface area (Å²) in [7, 11) is 1.62. The number of aromatic nitrogens is 3. The van der Waals surface area contributed by atoms with E-state index in [1.54, 1.807) is 19.4 Å². The van der Waals surface area contributed by atoms with Crippen LogP contribution in [0.2, 0.25) is 0 Å². The van der Waals surface area contributed by atoms with Crippen LogP contribution in [0.1, 0.15) is 16.3 Å². The van der Waals surface area contributed by atoms with Gasteiger partial charge in [-0.25, -0.2) is 19.6 Å². The van der Waals surface area contributed by atoms with E-state index in [0.29, 0.717) is 18.1 Å². The van der Waals surface area contributed by atoms with E-state index < -0.39 is 5.97 Å². The zero-order chi connectivity index (χ0) is 14.5. The number of anilines is 1. The van der Waals surface area contributed by atoms with Crippen LogP contribution in [0.25, 0.3) is 0 Å². The number of aromatic carboxylic acids is 1. The summed E-state index contributed by atoms with van der Waals surface area (Å²) in [4.78, 5) is 34.6. The molecule has 0 fully saturated rings. The van der Waals surface area contributed by atoms with Gasteiger partial charge in [0.15, 0.2) is 0 Å². The molecule has 0 aliphatic heterocycles. The number of rotatable bonds is 4. The molecule has 2 rings (SSSR count). The maximum Gasteiger partial charge on any atom is 0.354 e. The monoisotopic (exact) mass is 275 g/mol. The third kappa shape index (κ3) is 3.31. The van der Waals surface area contributed by atoms with Gasteiger partial charge in [-0.15, -0.1) is 0 Å². The van der Waals surface area contributed by atoms with Gasteiger partial charge in [0.05, 0.1) is 18.4 Å². The van der Waals surface area contributed by atoms with Crippen molar-refractivity contribution < 1.29 is 14.7 Å². The Morgan fingerprint density at radius 2 is 2.20 bits per heavy atom. The quantitative estimate of drug-likeness (QED) is 0.775. The third-order valence-electron chi connectivity index (χ3n) is 2.52. The van der Waals surface area contributed by atoms with Crippen molar-refractivity contribution in [2.75, 3.05) is 12.4 Å². The molecule has 0 radical (unpaired) electrons. The molecule has 0 spiro atoms. The average molecular weight is 275 g/mol. The number of imidazole rings is 1. The normalized spacial score (nSPS) is 10.1. The number of hydrogen-bond acceptors (Lipinski definition) is 4. The molecule has 3 N–H and O–H groups in total. The second-order valence-electron chi connectivity index (χ2n) is 4.06. The van der Waals surface area contributed by atoms with Gasteiger partial charge >= 0.3 is 12.0 Å². The summed E-state index contributed by atoms with van der Waals surface area (Å²) in [6.45, 7) is 0.333. The smallest absolute Gasteiger partial charge is 0.354 e. The summed E-state index contributed by atoms with van der Waals surface area (Å²) >= 11 is 0. The van der Waals surface area contributed by atoms with E-state index >= 15 is 0 Å². The Morgan fingerprint density at radius 1 is 1.40 bits per heavy atom. The Hall–Kier alpha value is -2.90. The predicted octanol–water partition coefficient (Wildman–Crippen LogP) is 1.17. The largest absolute Gasteiger partial charge is 0.477 e. The average Bonchev–Trinajstić information content (AvgIpc) is 2.92. The van der Waals surface area contributed by atoms with Gasteiger partial charge in [0.1, 0.15) is 11.5 Å². The summed E-state index contributed by atoms with van der Waals surface area (Å²) < 4.78 is 0. The molecule has 2 aromatic rings. The molecule has 8 nitrogen and oxygen atoms in total. The van der Waals surface area contributed by atoms with E-state index in [-0.39, 0.29) is 11.7 Å². The fourth-order valence-electron chi connectivity index (χ4n) is 1.49. The van der Waals surface area contributed by atoms with Crippen LogP contribution in [0, 0.1) is 0 Å². The van der Waals surface area contributed by atoms with Gasteiger partial charge in [-0.3, -0.25) is 0 Å². The number of amides is 2. The first-order valence-corrected chi connectivity index (χ1v) is 5.76. The van der Waals surface area contributed by atoms with Crippen LogP contribution >= 0.6 is 0 Å². The molecule has 0 bridgehead atoms. The van der Waals surface area contributed by atoms with E-state index in [0.717, 1.165) is 0 Å². The van der Waals surface area contributed by atoms with E-state index in [1.165, 1.54) is 23.2 Å². The topological polar surface area (TPSA) is 111 Å². The van der Waals surface area contributed by atoms with Crippen molar-refractivity contribution in [3.63, 3.8) is 0 Å². The van der Waals surface area contributed by atoms with Crippen LogP contribution in [-0.2, 0) is 6.54 Å². The molecule has 0 atom stereocenters. The second kappa shape index (κ2) is 5.83. The molecule has 0 aromatic carbocycles. The van der Waals surface area contributed by atoms with Crippen LogP contribution in [0.3, 0.4) is 0 Å². The standard InChI is InChI=1S/C12H13N5O3/c1-17(7-10-13-4-5-14-10)12(20)16-8-2-3-9(11(18)19)15-6-8/h2-6H,7H2,1H3,(H,13,14)(H,16,20)(H,18,19). The highest BCUT2D eigenvalue weighted by molar-refractivity contribution is 5.90. The van der Waals surface area contributed by atoms with Crippen LogP contribution in [0.15, 0.2) is 30.7 Å². The maximum absolute atomic E-state index is 11.9. The number of hydrogen-bond donors (Lipinski definition) is 3. The number of carbonyl (C=O) groups excluding carboxylic acids is 1. The minimum Gasteiger partial charge on any atom is -0.477 e. The summed E-state index contributed by atoms with van der Waals surface area (Å²) in [6.07, 6.45) is 4.58. The fraction of sp³-hybridized carbons (Fsp3) is 0.167. The molecule has 0 aliphatic carbocycles. The van der Waals surface area contributed by atoms with Crippen LogP contribution in [0.5, 0.6) is 0 Å². The van der Waals surface area contributed by atoms with E-state index in [2.05, 4.69) is 20.3 Å². The van der Waals surface area contributed by atoms with E-state index in [9.17, 15) is 9.59 Å². The maximum atomic E-state index is 11.9. The van der Waals surface area contributed by atoms with Gasteiger partial charge in [-0.1, -0.05) is 0 Å². The Balaban J connectivity index is 1.95. The number of nitrogens with one attached hydrogen (secondary N) is 2. The second-order valence-corrected chi connectivity index (χ2v) is 4.06. The highest BCUT2D eigenvalue weighted by Crippen LogP contribution is 2.08. The Morgan fingerprint density at radius 3 is 2.75 bits per heavy atom. The predicted molar refractivity (Wildman–Crippen MR) is 70.3 cm³/mol. The number of H-pyrrole nitrogens is 1. The lowest BCUT2D eigenvalue weighted by Gasteiger charge is -2.16. The third-order valence-corrected chi connectivity index (χ3v) is 2.52. The van der Waals surface area contributed by atoms with Crippen molar-refractivity contribution in [2.45, 2.75) is 6.54 Å². The number of carboxylic acid groups (broad SMARTS) is 1. The fourth-order valence-corrected chi connectivity index (χ4v) is 1.49. The van der Waals surface area contributed by atoms with Gasteiger partial charge in [0.2, 0.25) is 0 Å². The summed E-state index contributed by atoms with van der Waals surface area (Å²) in [5.74, 6) is -0.445. The first-order valence-electron chi connectivity index (χ1n) is 5.76. The lowest BCUT2D eigenvalue weighted by molar-refractivity contribution is 0.0690. The van der Waals surface area contributed by atoms with Crippen LogP contribution < -0.4 is 5.32 Å². The lowest BCUT2D eigenvalue weighted by Crippen LogP contribution is -2.31. The van der Waals surface area contributed by atoms with Crippen molar-refractivity contribution >= 4 is 17.7 Å². The molecule has 8 heteroatoms. The molecule has 0 saturated heterocycles. The van der Waals surface area contributed by atoms with E-state index in [4.69, 9.17) is 5.11 Å². The van der Waals surface area contributed by atoms with Gasteiger partial charge in [0.25, 0.3) is 0 Å². The van der Waals surface area contributed by atoms with Crippen molar-refractivity contribution in [3.05, 3.63) is 42.2 Å². The first kappa shape index (κ1) is 13.5. The number of aromatic amines is 1. The zero-order valence-corrected chi connectivity index (χ0v) is 10.7. The van der Waals surface area contributed by atoms with Crippen LogP contribution in [0.4, 0.5) is 10.5 Å². The van der Waals surface area contributed by atoms with Crippen LogP contribution in [-0.4, -0.2) is 44.0 Å². The van der Waals surface area contributed by atoms with E-state index in [1.807, 2.05) is 0 Å². The van der Waals surface area contributed by atoms with Crippen molar-refractivity contribution in [1.82, 2.24) is 19.9 Å². The SMILES string of the molecule is CN(Cc1ncc[nH]1)C(=O)Nc1ccc(C(=O)O)nc1. The summed E-state index contributed by atoms with van der Waals surface area (Å²) in [6, 6.07) is 2.46. The van der Waals surface area contributed by atoms with Gasteiger partial charge in [0, 0.05) is 19.4 Å². The molecule has 0 saturated carbocycles. The molecular weight excluding hydrogens is 262 g/mol. The molecule has 2 aromatic heterocycles. The zero-order valence-electron chi connectivity index (χ0n) is 10.7. The molecule has 0 aliphatic rings. The summed E-state index contributed by atoms with van der Waals surface area (Å²) in [5, 5.41) is 11.3. The minimum atomic E-state index is -1.11. The molecular formula is C12H13N5O3. The lowest BCUT2D eigenvalue weighted by atomic mass is 10.3. The molecule has 0 unspecified atom stereocenters. The van der Waals surface area contributed by atoms with Crippen molar-refractivity contribution in [1.29, 1.82) is 0 Å². The first-order chi connectivity index (χ1) is 9.56. The minimum absolute atomic E-state index is 0.0769. The number of carbonyl (C=O) groups is 2. The molecule has 20 heavy (non-hydrogen) atoms. The number of pyridine rings is 1. The Labute approximate surface area is 114 Å². The number of nitrogens with zero attached hydrogens (tertiary/aromatic N) is 3. The number of carboxylic acids is 1. The van der Waals surface area contributed by atoms with Gasteiger partial charge in [-0.05, 0) is 12.1 Å². The highest BCUT2D eigenvalue weighted by Gasteiger charge is 2.11. The molecule has 2 heterocycles. The Bertz CT molecular complexity index is 594.